The van der Waals surface area contributed by atoms with Gasteiger partial charge in [-0.15, -0.1) is 0 Å². The molecule has 2 aromatic heterocycles. The third-order valence-electron chi connectivity index (χ3n) is 4.58. The average molecular weight is 437 g/mol. The molecule has 7 heteroatoms. The molecule has 2 heterocycles. The maximum Gasteiger partial charge on any atom is 0.255 e. The van der Waals surface area contributed by atoms with Crippen LogP contribution in [0.15, 0.2) is 79.3 Å². The van der Waals surface area contributed by atoms with Crippen molar-refractivity contribution in [1.29, 1.82) is 0 Å². The number of carbonyl (C=O) groups excluding carboxylic acids is 1. The quantitative estimate of drug-likeness (QED) is 0.450. The highest BCUT2D eigenvalue weighted by molar-refractivity contribution is 6.35. The highest BCUT2D eigenvalue weighted by Gasteiger charge is 2.18. The van der Waals surface area contributed by atoms with E-state index in [9.17, 15) is 4.79 Å². The summed E-state index contributed by atoms with van der Waals surface area (Å²) in [6, 6.07) is 18.9. The molecule has 1 N–H and O–H groups in total. The van der Waals surface area contributed by atoms with Crippen LogP contribution in [0.1, 0.15) is 21.5 Å². The maximum atomic E-state index is 13.0. The van der Waals surface area contributed by atoms with Crippen molar-refractivity contribution in [2.24, 2.45) is 0 Å². The van der Waals surface area contributed by atoms with E-state index >= 15 is 0 Å². The van der Waals surface area contributed by atoms with Crippen molar-refractivity contribution in [2.45, 2.75) is 13.1 Å². The molecule has 0 saturated carbocycles. The summed E-state index contributed by atoms with van der Waals surface area (Å²) in [5.41, 5.74) is 3.72. The molecule has 0 saturated heterocycles. The number of amides is 1. The highest BCUT2D eigenvalue weighted by atomic mass is 35.5. The first-order chi connectivity index (χ1) is 14.6. The van der Waals surface area contributed by atoms with Crippen molar-refractivity contribution >= 4 is 29.1 Å². The van der Waals surface area contributed by atoms with Crippen molar-refractivity contribution < 1.29 is 4.79 Å². The van der Waals surface area contributed by atoms with Crippen molar-refractivity contribution in [3.63, 3.8) is 0 Å². The smallest absolute Gasteiger partial charge is 0.255 e. The number of nitrogens with zero attached hydrogens (tertiary/aromatic N) is 3. The van der Waals surface area contributed by atoms with Gasteiger partial charge in [0.25, 0.3) is 5.91 Å². The van der Waals surface area contributed by atoms with Crippen molar-refractivity contribution in [2.75, 3.05) is 0 Å². The van der Waals surface area contributed by atoms with E-state index < -0.39 is 0 Å². The van der Waals surface area contributed by atoms with E-state index in [4.69, 9.17) is 23.2 Å². The summed E-state index contributed by atoms with van der Waals surface area (Å²) in [4.78, 5) is 17.2. The predicted octanol–water partition coefficient (Wildman–Crippen LogP) is 5.23. The SMILES string of the molecule is O=C(NCc1ccc(Cl)cc1Cl)c1cn(Cc2ccccc2)nc1-c1cccnc1. The number of carbonyl (C=O) groups is 1. The standard InChI is InChI=1S/C23H18Cl2N4O/c24-19-9-8-17(21(25)11-19)13-27-23(30)20-15-29(14-16-5-2-1-3-6-16)28-22(20)18-7-4-10-26-12-18/h1-12,15H,13-14H2,(H,27,30). The fourth-order valence-electron chi connectivity index (χ4n) is 3.09. The Kier molecular flexibility index (Phi) is 6.12. The minimum atomic E-state index is -0.237. The zero-order valence-electron chi connectivity index (χ0n) is 15.9. The van der Waals surface area contributed by atoms with E-state index in [1.807, 2.05) is 42.5 Å². The van der Waals surface area contributed by atoms with Gasteiger partial charge in [0.15, 0.2) is 0 Å². The Morgan fingerprint density at radius 1 is 1.03 bits per heavy atom. The summed E-state index contributed by atoms with van der Waals surface area (Å²) in [6.07, 6.45) is 5.14. The number of halogens is 2. The van der Waals surface area contributed by atoms with Crippen LogP contribution in [-0.4, -0.2) is 20.7 Å². The number of pyridine rings is 1. The lowest BCUT2D eigenvalue weighted by atomic mass is 10.1. The molecule has 0 fully saturated rings. The predicted molar refractivity (Wildman–Crippen MR) is 119 cm³/mol. The van der Waals surface area contributed by atoms with E-state index in [1.165, 1.54) is 0 Å². The molecule has 4 aromatic rings. The van der Waals surface area contributed by atoms with Gasteiger partial charge in [-0.25, -0.2) is 0 Å². The molecular weight excluding hydrogens is 419 g/mol. The van der Waals surface area contributed by atoms with E-state index in [1.54, 1.807) is 41.5 Å². The zero-order valence-corrected chi connectivity index (χ0v) is 17.4. The number of aromatic nitrogens is 3. The van der Waals surface area contributed by atoms with Gasteiger partial charge in [-0.1, -0.05) is 59.6 Å². The Labute approximate surface area is 184 Å². The molecule has 2 aromatic carbocycles. The normalized spacial score (nSPS) is 10.7. The first kappa shape index (κ1) is 20.1. The van der Waals surface area contributed by atoms with Gasteiger partial charge in [0, 0.05) is 40.7 Å². The van der Waals surface area contributed by atoms with Crippen LogP contribution in [-0.2, 0) is 13.1 Å². The third kappa shape index (κ3) is 4.70. The molecule has 1 amide bonds. The van der Waals surface area contributed by atoms with Gasteiger partial charge in [-0.3, -0.25) is 14.5 Å². The van der Waals surface area contributed by atoms with Gasteiger partial charge in [0.1, 0.15) is 5.69 Å². The summed E-state index contributed by atoms with van der Waals surface area (Å²) in [7, 11) is 0. The second-order valence-corrected chi connectivity index (χ2v) is 7.58. The minimum absolute atomic E-state index is 0.237. The fraction of sp³-hybridized carbons (Fsp3) is 0.0870. The number of hydrogen-bond acceptors (Lipinski definition) is 3. The van der Waals surface area contributed by atoms with Gasteiger partial charge in [-0.2, -0.15) is 5.10 Å². The summed E-state index contributed by atoms with van der Waals surface area (Å²) in [5, 5.41) is 8.64. The Balaban J connectivity index is 1.60. The van der Waals surface area contributed by atoms with E-state index in [0.29, 0.717) is 27.8 Å². The Hall–Kier alpha value is -3.15. The van der Waals surface area contributed by atoms with Crippen LogP contribution in [0.5, 0.6) is 0 Å². The second kappa shape index (κ2) is 9.11. The summed E-state index contributed by atoms with van der Waals surface area (Å²) in [5.74, 6) is -0.237. The lowest BCUT2D eigenvalue weighted by molar-refractivity contribution is 0.0951. The van der Waals surface area contributed by atoms with Gasteiger partial charge >= 0.3 is 0 Å². The first-order valence-electron chi connectivity index (χ1n) is 9.34. The average Bonchev–Trinajstić information content (AvgIpc) is 3.18. The molecular formula is C23H18Cl2N4O. The van der Waals surface area contributed by atoms with Gasteiger partial charge in [-0.05, 0) is 35.4 Å². The van der Waals surface area contributed by atoms with Crippen LogP contribution in [0.25, 0.3) is 11.3 Å². The minimum Gasteiger partial charge on any atom is -0.348 e. The fourth-order valence-corrected chi connectivity index (χ4v) is 3.57. The first-order valence-corrected chi connectivity index (χ1v) is 10.1. The molecule has 30 heavy (non-hydrogen) atoms. The van der Waals surface area contributed by atoms with Crippen molar-refractivity contribution in [3.05, 3.63) is 106 Å². The van der Waals surface area contributed by atoms with Gasteiger partial charge in [0.2, 0.25) is 0 Å². The number of hydrogen-bond donors (Lipinski definition) is 1. The van der Waals surface area contributed by atoms with E-state index in [0.717, 1.165) is 16.7 Å². The summed E-state index contributed by atoms with van der Waals surface area (Å²) >= 11 is 12.2. The van der Waals surface area contributed by atoms with Crippen LogP contribution in [0.2, 0.25) is 10.0 Å². The van der Waals surface area contributed by atoms with Crippen LogP contribution in [0, 0.1) is 0 Å². The maximum absolute atomic E-state index is 13.0. The molecule has 150 valence electrons. The molecule has 0 spiro atoms. The molecule has 0 radical (unpaired) electrons. The van der Waals surface area contributed by atoms with Crippen LogP contribution in [0.4, 0.5) is 0 Å². The molecule has 0 aliphatic rings. The molecule has 0 bridgehead atoms. The topological polar surface area (TPSA) is 59.8 Å². The zero-order chi connectivity index (χ0) is 20.9. The highest BCUT2D eigenvalue weighted by Crippen LogP contribution is 2.23. The van der Waals surface area contributed by atoms with E-state index in [2.05, 4.69) is 15.4 Å². The third-order valence-corrected chi connectivity index (χ3v) is 5.17. The molecule has 0 unspecified atom stereocenters. The Morgan fingerprint density at radius 3 is 2.60 bits per heavy atom. The largest absolute Gasteiger partial charge is 0.348 e. The lowest BCUT2D eigenvalue weighted by Crippen LogP contribution is -2.23. The molecule has 4 rings (SSSR count). The second-order valence-electron chi connectivity index (χ2n) is 6.73. The Morgan fingerprint density at radius 2 is 1.87 bits per heavy atom. The monoisotopic (exact) mass is 436 g/mol. The summed E-state index contributed by atoms with van der Waals surface area (Å²) in [6.45, 7) is 0.843. The van der Waals surface area contributed by atoms with Crippen molar-refractivity contribution in [3.8, 4) is 11.3 Å². The number of rotatable bonds is 6. The Bertz CT molecular complexity index is 1160. The van der Waals surface area contributed by atoms with Crippen LogP contribution < -0.4 is 5.32 Å². The number of benzene rings is 2. The van der Waals surface area contributed by atoms with Crippen LogP contribution in [0.3, 0.4) is 0 Å². The molecule has 0 aliphatic heterocycles. The van der Waals surface area contributed by atoms with E-state index in [-0.39, 0.29) is 12.5 Å². The van der Waals surface area contributed by atoms with Crippen molar-refractivity contribution in [1.82, 2.24) is 20.1 Å². The molecule has 0 atom stereocenters. The number of nitrogens with one attached hydrogen (secondary N) is 1. The van der Waals surface area contributed by atoms with Crippen LogP contribution >= 0.6 is 23.2 Å². The molecule has 0 aliphatic carbocycles. The summed E-state index contributed by atoms with van der Waals surface area (Å²) < 4.78 is 1.77. The van der Waals surface area contributed by atoms with Gasteiger partial charge in [0.05, 0.1) is 12.1 Å². The lowest BCUT2D eigenvalue weighted by Gasteiger charge is -2.07. The molecule has 5 nitrogen and oxygen atoms in total. The van der Waals surface area contributed by atoms with Gasteiger partial charge < -0.3 is 5.32 Å².